The Labute approximate surface area is 58.9 Å². The Balaban J connectivity index is 2.51. The molecule has 2 heterocycles. The predicted octanol–water partition coefficient (Wildman–Crippen LogP) is -0.348. The smallest absolute Gasteiger partial charge is 0.153 e. The Morgan fingerprint density at radius 3 is 3.30 bits per heavy atom. The second kappa shape index (κ2) is 2.04. The maximum absolute atomic E-state index is 11.0. The summed E-state index contributed by atoms with van der Waals surface area (Å²) >= 11 is 0. The van der Waals surface area contributed by atoms with E-state index in [2.05, 4.69) is 4.98 Å². The fourth-order valence-electron chi connectivity index (χ4n) is 1.26. The van der Waals surface area contributed by atoms with Crippen molar-refractivity contribution in [1.29, 1.82) is 0 Å². The molecule has 0 aliphatic carbocycles. The molecule has 1 unspecified atom stereocenters. The summed E-state index contributed by atoms with van der Waals surface area (Å²) in [5, 5.41) is 11.3. The van der Waals surface area contributed by atoms with Crippen LogP contribution < -0.4 is 5.06 Å². The third kappa shape index (κ3) is 0.716. The van der Waals surface area contributed by atoms with Crippen LogP contribution in [-0.4, -0.2) is 11.5 Å². The Morgan fingerprint density at radius 2 is 2.50 bits per heavy atom. The van der Waals surface area contributed by atoms with Gasteiger partial charge in [0.2, 0.25) is 0 Å². The van der Waals surface area contributed by atoms with Crippen LogP contribution in [0.5, 0.6) is 0 Å². The van der Waals surface area contributed by atoms with Gasteiger partial charge in [-0.2, -0.15) is 0 Å². The fraction of sp³-hybridized carbons (Fsp3) is 0.286. The van der Waals surface area contributed by atoms with Crippen LogP contribution in [0.4, 0.5) is 5.69 Å². The quantitative estimate of drug-likeness (QED) is 0.495. The largest absolute Gasteiger partial charge is 0.629 e. The van der Waals surface area contributed by atoms with Crippen molar-refractivity contribution in [2.24, 2.45) is 0 Å². The summed E-state index contributed by atoms with van der Waals surface area (Å²) in [5.74, 6) is 0. The molecule has 3 nitrogen and oxygen atoms in total. The number of hydroxylamine groups is 1. The number of hydrogen-bond donors (Lipinski definition) is 1. The van der Waals surface area contributed by atoms with Crippen LogP contribution in [0.2, 0.25) is 0 Å². The highest BCUT2D eigenvalue weighted by molar-refractivity contribution is 5.36. The minimum Gasteiger partial charge on any atom is -0.629 e. The van der Waals surface area contributed by atoms with Gasteiger partial charge >= 0.3 is 0 Å². The van der Waals surface area contributed by atoms with E-state index in [0.717, 1.165) is 17.8 Å². The lowest BCUT2D eigenvalue weighted by molar-refractivity contribution is -0.768. The normalized spacial score (nSPS) is 22.7. The lowest BCUT2D eigenvalue weighted by Gasteiger charge is -2.13. The summed E-state index contributed by atoms with van der Waals surface area (Å²) in [6.07, 6.45) is 2.56. The van der Waals surface area contributed by atoms with E-state index < -0.39 is 0 Å². The van der Waals surface area contributed by atoms with E-state index in [-0.39, 0.29) is 5.06 Å². The van der Waals surface area contributed by atoms with Crippen molar-refractivity contribution in [3.8, 4) is 0 Å². The molecule has 1 aliphatic rings. The minimum absolute atomic E-state index is 0.239. The van der Waals surface area contributed by atoms with Crippen LogP contribution in [0.3, 0.4) is 0 Å². The molecule has 0 amide bonds. The van der Waals surface area contributed by atoms with E-state index in [1.165, 1.54) is 0 Å². The van der Waals surface area contributed by atoms with Crippen LogP contribution in [0.15, 0.2) is 18.3 Å². The van der Waals surface area contributed by atoms with Gasteiger partial charge in [0.1, 0.15) is 5.69 Å². The number of rotatable bonds is 0. The third-order valence-corrected chi connectivity index (χ3v) is 1.78. The first-order chi connectivity index (χ1) is 4.88. The van der Waals surface area contributed by atoms with E-state index >= 15 is 0 Å². The zero-order valence-corrected chi connectivity index (χ0v) is 5.50. The summed E-state index contributed by atoms with van der Waals surface area (Å²) in [4.78, 5) is 4.09. The first-order valence-electron chi connectivity index (χ1n) is 3.35. The van der Waals surface area contributed by atoms with Gasteiger partial charge in [0.25, 0.3) is 0 Å². The SMILES string of the molecule is [O-][NH+]1CCc2ncccc21. The number of nitrogens with zero attached hydrogens (tertiary/aromatic N) is 1. The van der Waals surface area contributed by atoms with Crippen molar-refractivity contribution >= 4 is 5.69 Å². The second-order valence-corrected chi connectivity index (χ2v) is 2.42. The molecule has 1 aromatic heterocycles. The molecule has 1 N–H and O–H groups in total. The first-order valence-corrected chi connectivity index (χ1v) is 3.35. The molecule has 1 aliphatic heterocycles. The fourth-order valence-corrected chi connectivity index (χ4v) is 1.26. The summed E-state index contributed by atoms with van der Waals surface area (Å²) < 4.78 is 0. The van der Waals surface area contributed by atoms with E-state index in [1.807, 2.05) is 12.1 Å². The summed E-state index contributed by atoms with van der Waals surface area (Å²) in [7, 11) is 0. The lowest BCUT2D eigenvalue weighted by Crippen LogP contribution is -3.00. The zero-order valence-electron chi connectivity index (χ0n) is 5.50. The molecule has 0 aromatic carbocycles. The summed E-state index contributed by atoms with van der Waals surface area (Å²) in [5.41, 5.74) is 1.79. The molecule has 1 atom stereocenters. The van der Waals surface area contributed by atoms with E-state index in [0.29, 0.717) is 6.54 Å². The highest BCUT2D eigenvalue weighted by atomic mass is 16.5. The predicted molar refractivity (Wildman–Crippen MR) is 36.8 cm³/mol. The summed E-state index contributed by atoms with van der Waals surface area (Å²) in [6, 6.07) is 3.65. The topological polar surface area (TPSA) is 40.4 Å². The zero-order chi connectivity index (χ0) is 6.97. The van der Waals surface area contributed by atoms with Gasteiger partial charge in [0.05, 0.1) is 6.54 Å². The molecule has 1 aromatic rings. The Bertz CT molecular complexity index is 249. The van der Waals surface area contributed by atoms with Crippen molar-refractivity contribution in [3.63, 3.8) is 0 Å². The van der Waals surface area contributed by atoms with Crippen LogP contribution in [-0.2, 0) is 6.42 Å². The van der Waals surface area contributed by atoms with Gasteiger partial charge in [-0.3, -0.25) is 4.98 Å². The molecule has 0 fully saturated rings. The van der Waals surface area contributed by atoms with Crippen LogP contribution in [0, 0.1) is 5.21 Å². The average Bonchev–Trinajstić information content (AvgIpc) is 2.34. The molecular formula is C7H8N2O. The third-order valence-electron chi connectivity index (χ3n) is 1.78. The van der Waals surface area contributed by atoms with Gasteiger partial charge in [0.15, 0.2) is 5.69 Å². The van der Waals surface area contributed by atoms with E-state index in [1.54, 1.807) is 6.20 Å². The number of aromatic nitrogens is 1. The monoisotopic (exact) mass is 136 g/mol. The Kier molecular flexibility index (Phi) is 1.19. The van der Waals surface area contributed by atoms with Gasteiger partial charge in [-0.1, -0.05) is 0 Å². The highest BCUT2D eigenvalue weighted by Gasteiger charge is 2.17. The van der Waals surface area contributed by atoms with Crippen molar-refractivity contribution in [3.05, 3.63) is 29.2 Å². The Morgan fingerprint density at radius 1 is 1.60 bits per heavy atom. The molecule has 0 radical (unpaired) electrons. The van der Waals surface area contributed by atoms with Crippen LogP contribution in [0.25, 0.3) is 0 Å². The standard InChI is InChI=1S/C7H8N2O/c10-9-5-3-6-7(9)2-1-4-8-6/h1-2,4,9H,3,5H2. The molecule has 52 valence electrons. The lowest BCUT2D eigenvalue weighted by atomic mass is 10.3. The molecule has 0 bridgehead atoms. The van der Waals surface area contributed by atoms with Gasteiger partial charge < -0.3 is 10.3 Å². The Hall–Kier alpha value is -0.930. The summed E-state index contributed by atoms with van der Waals surface area (Å²) in [6.45, 7) is 0.645. The number of fused-ring (bicyclic) bond motifs is 1. The molecule has 3 heteroatoms. The molecule has 10 heavy (non-hydrogen) atoms. The van der Waals surface area contributed by atoms with Crippen molar-refractivity contribution < 1.29 is 5.06 Å². The van der Waals surface area contributed by atoms with Crippen LogP contribution in [0.1, 0.15) is 5.69 Å². The van der Waals surface area contributed by atoms with Crippen LogP contribution >= 0.6 is 0 Å². The second-order valence-electron chi connectivity index (χ2n) is 2.42. The maximum Gasteiger partial charge on any atom is 0.153 e. The van der Waals surface area contributed by atoms with Gasteiger partial charge in [-0.15, -0.1) is 0 Å². The number of quaternary nitrogens is 1. The number of pyridine rings is 1. The molecular weight excluding hydrogens is 128 g/mol. The maximum atomic E-state index is 11.0. The van der Waals surface area contributed by atoms with Gasteiger partial charge in [-0.25, -0.2) is 0 Å². The molecule has 0 saturated heterocycles. The molecule has 0 spiro atoms. The van der Waals surface area contributed by atoms with Crippen molar-refractivity contribution in [1.82, 2.24) is 4.98 Å². The van der Waals surface area contributed by atoms with Gasteiger partial charge in [0, 0.05) is 18.7 Å². The van der Waals surface area contributed by atoms with Crippen molar-refractivity contribution in [2.75, 3.05) is 6.54 Å². The van der Waals surface area contributed by atoms with E-state index in [9.17, 15) is 5.21 Å². The first kappa shape index (κ1) is 5.82. The minimum atomic E-state index is 0.239. The average molecular weight is 136 g/mol. The van der Waals surface area contributed by atoms with Gasteiger partial charge in [-0.05, 0) is 6.07 Å². The van der Waals surface area contributed by atoms with Crippen molar-refractivity contribution in [2.45, 2.75) is 6.42 Å². The van der Waals surface area contributed by atoms with E-state index in [4.69, 9.17) is 0 Å². The number of hydrogen-bond acceptors (Lipinski definition) is 2. The molecule has 2 rings (SSSR count). The number of nitrogens with one attached hydrogen (secondary N) is 1. The molecule has 0 saturated carbocycles. The highest BCUT2D eigenvalue weighted by Crippen LogP contribution is 2.10.